The van der Waals surface area contributed by atoms with E-state index in [4.69, 9.17) is 0 Å². The van der Waals surface area contributed by atoms with Crippen LogP contribution >= 0.6 is 0 Å². The second-order valence-electron chi connectivity index (χ2n) is 1.54. The lowest BCUT2D eigenvalue weighted by Crippen LogP contribution is -2.18. The molecule has 0 rings (SSSR count). The largest absolute Gasteiger partial charge is 0.280 e. The van der Waals surface area contributed by atoms with Crippen LogP contribution in [-0.4, -0.2) is 25.3 Å². The standard InChI is InChI=1S/C4H10FN/c1-4(5)6(2)3/h4H,1-3H3. The molecule has 0 fully saturated rings. The Balaban J connectivity index is 2.99. The van der Waals surface area contributed by atoms with E-state index in [1.165, 1.54) is 11.8 Å². The van der Waals surface area contributed by atoms with Gasteiger partial charge in [0.05, 0.1) is 0 Å². The van der Waals surface area contributed by atoms with E-state index in [0.717, 1.165) is 0 Å². The third-order valence-electron chi connectivity index (χ3n) is 0.712. The Morgan fingerprint density at radius 3 is 1.67 bits per heavy atom. The van der Waals surface area contributed by atoms with Gasteiger partial charge in [0.1, 0.15) is 6.30 Å². The first-order valence-electron chi connectivity index (χ1n) is 1.95. The summed E-state index contributed by atoms with van der Waals surface area (Å²) in [6.07, 6.45) is -0.815. The molecule has 6 heavy (non-hydrogen) atoms. The highest BCUT2D eigenvalue weighted by atomic mass is 19.1. The zero-order chi connectivity index (χ0) is 5.15. The molecule has 0 aliphatic rings. The molecule has 1 atom stereocenters. The first-order valence-corrected chi connectivity index (χ1v) is 1.95. The van der Waals surface area contributed by atoms with Gasteiger partial charge in [-0.25, -0.2) is 4.39 Å². The van der Waals surface area contributed by atoms with Crippen molar-refractivity contribution in [2.24, 2.45) is 0 Å². The fourth-order valence-corrected chi connectivity index (χ4v) is 0. The summed E-state index contributed by atoms with van der Waals surface area (Å²) in [6, 6.07) is 0. The van der Waals surface area contributed by atoms with Crippen molar-refractivity contribution in [3.8, 4) is 0 Å². The summed E-state index contributed by atoms with van der Waals surface area (Å²) >= 11 is 0. The van der Waals surface area contributed by atoms with Crippen molar-refractivity contribution >= 4 is 0 Å². The lowest BCUT2D eigenvalue weighted by molar-refractivity contribution is 0.158. The van der Waals surface area contributed by atoms with Gasteiger partial charge in [0.2, 0.25) is 0 Å². The molecular weight excluding hydrogens is 81.0 g/mol. The summed E-state index contributed by atoms with van der Waals surface area (Å²) in [4.78, 5) is 1.50. The first kappa shape index (κ1) is 5.89. The minimum absolute atomic E-state index is 0.815. The van der Waals surface area contributed by atoms with Crippen LogP contribution in [0.2, 0.25) is 0 Å². The minimum Gasteiger partial charge on any atom is -0.280 e. The van der Waals surface area contributed by atoms with E-state index in [1.807, 2.05) is 0 Å². The SMILES string of the molecule is CC(F)N(C)C. The normalized spacial score (nSPS) is 15.5. The Morgan fingerprint density at radius 1 is 1.50 bits per heavy atom. The predicted octanol–water partition coefficient (Wildman–Crippen LogP) is 0.864. The highest BCUT2D eigenvalue weighted by Gasteiger charge is 1.95. The zero-order valence-corrected chi connectivity index (χ0v) is 4.40. The lowest BCUT2D eigenvalue weighted by atomic mass is 10.6. The lowest BCUT2D eigenvalue weighted by Gasteiger charge is -2.08. The van der Waals surface area contributed by atoms with Crippen LogP contribution in [0.5, 0.6) is 0 Å². The molecule has 0 amide bonds. The maximum Gasteiger partial charge on any atom is 0.150 e. The highest BCUT2D eigenvalue weighted by molar-refractivity contribution is 4.36. The molecule has 38 valence electrons. The smallest absolute Gasteiger partial charge is 0.150 e. The molecule has 0 heterocycles. The van der Waals surface area contributed by atoms with Crippen LogP contribution in [0.1, 0.15) is 6.92 Å². The van der Waals surface area contributed by atoms with Gasteiger partial charge < -0.3 is 0 Å². The van der Waals surface area contributed by atoms with Crippen LogP contribution in [0.4, 0.5) is 4.39 Å². The van der Waals surface area contributed by atoms with Crippen LogP contribution in [0.3, 0.4) is 0 Å². The van der Waals surface area contributed by atoms with E-state index >= 15 is 0 Å². The molecule has 1 unspecified atom stereocenters. The number of halogens is 1. The molecule has 0 saturated carbocycles. The molecule has 0 aliphatic heterocycles. The summed E-state index contributed by atoms with van der Waals surface area (Å²) in [5, 5.41) is 0. The third-order valence-corrected chi connectivity index (χ3v) is 0.712. The first-order chi connectivity index (χ1) is 2.64. The van der Waals surface area contributed by atoms with Crippen molar-refractivity contribution in [1.82, 2.24) is 4.90 Å². The van der Waals surface area contributed by atoms with Gasteiger partial charge in [-0.15, -0.1) is 0 Å². The fourth-order valence-electron chi connectivity index (χ4n) is 0. The van der Waals surface area contributed by atoms with Crippen molar-refractivity contribution in [3.05, 3.63) is 0 Å². The van der Waals surface area contributed by atoms with Gasteiger partial charge in [0.15, 0.2) is 0 Å². The Hall–Kier alpha value is -0.110. The van der Waals surface area contributed by atoms with E-state index < -0.39 is 6.30 Å². The molecule has 0 bridgehead atoms. The number of rotatable bonds is 1. The average Bonchev–Trinajstić information content (AvgIpc) is 1.36. The quantitative estimate of drug-likeness (QED) is 0.433. The van der Waals surface area contributed by atoms with Gasteiger partial charge in [-0.3, -0.25) is 4.90 Å². The number of hydrogen-bond donors (Lipinski definition) is 0. The van der Waals surface area contributed by atoms with Crippen LogP contribution < -0.4 is 0 Å². The van der Waals surface area contributed by atoms with Gasteiger partial charge in [-0.1, -0.05) is 0 Å². The fraction of sp³-hybridized carbons (Fsp3) is 1.00. The highest BCUT2D eigenvalue weighted by Crippen LogP contribution is 1.88. The summed E-state index contributed by atoms with van der Waals surface area (Å²) in [7, 11) is 3.40. The average molecular weight is 91.1 g/mol. The maximum absolute atomic E-state index is 11.8. The molecule has 1 nitrogen and oxygen atoms in total. The van der Waals surface area contributed by atoms with E-state index in [2.05, 4.69) is 0 Å². The molecule has 2 heteroatoms. The van der Waals surface area contributed by atoms with Gasteiger partial charge in [0.25, 0.3) is 0 Å². The maximum atomic E-state index is 11.8. The third kappa shape index (κ3) is 2.15. The van der Waals surface area contributed by atoms with Crippen molar-refractivity contribution in [1.29, 1.82) is 0 Å². The second kappa shape index (κ2) is 2.13. The minimum atomic E-state index is -0.815. The summed E-state index contributed by atoms with van der Waals surface area (Å²) in [5.74, 6) is 0. The van der Waals surface area contributed by atoms with Gasteiger partial charge in [-0.2, -0.15) is 0 Å². The molecule has 0 aromatic carbocycles. The van der Waals surface area contributed by atoms with Crippen molar-refractivity contribution in [3.63, 3.8) is 0 Å². The van der Waals surface area contributed by atoms with Crippen LogP contribution in [0.15, 0.2) is 0 Å². The van der Waals surface area contributed by atoms with Crippen LogP contribution in [-0.2, 0) is 0 Å². The van der Waals surface area contributed by atoms with Crippen LogP contribution in [0.25, 0.3) is 0 Å². The molecule has 0 radical (unpaired) electrons. The van der Waals surface area contributed by atoms with Crippen molar-refractivity contribution < 1.29 is 4.39 Å². The Bertz CT molecular complexity index is 28.5. The van der Waals surface area contributed by atoms with Crippen molar-refractivity contribution in [2.45, 2.75) is 13.2 Å². The van der Waals surface area contributed by atoms with E-state index in [9.17, 15) is 4.39 Å². The number of nitrogens with zero attached hydrogens (tertiary/aromatic N) is 1. The second-order valence-corrected chi connectivity index (χ2v) is 1.54. The van der Waals surface area contributed by atoms with Gasteiger partial charge in [-0.05, 0) is 21.0 Å². The molecule has 0 N–H and O–H groups in total. The van der Waals surface area contributed by atoms with E-state index in [0.29, 0.717) is 0 Å². The zero-order valence-electron chi connectivity index (χ0n) is 4.40. The molecule has 0 aromatic rings. The topological polar surface area (TPSA) is 3.24 Å². The monoisotopic (exact) mass is 91.1 g/mol. The predicted molar refractivity (Wildman–Crippen MR) is 24.3 cm³/mol. The molecule has 0 aromatic heterocycles. The number of alkyl halides is 1. The molecule has 0 spiro atoms. The van der Waals surface area contributed by atoms with Crippen LogP contribution in [0, 0.1) is 0 Å². The van der Waals surface area contributed by atoms with E-state index in [-0.39, 0.29) is 0 Å². The summed E-state index contributed by atoms with van der Waals surface area (Å²) < 4.78 is 11.8. The summed E-state index contributed by atoms with van der Waals surface area (Å²) in [6.45, 7) is 1.50. The Kier molecular flexibility index (Phi) is 2.09. The van der Waals surface area contributed by atoms with Crippen molar-refractivity contribution in [2.75, 3.05) is 14.1 Å². The van der Waals surface area contributed by atoms with Gasteiger partial charge in [0, 0.05) is 0 Å². The molecule has 0 saturated heterocycles. The Morgan fingerprint density at radius 2 is 1.67 bits per heavy atom. The Labute approximate surface area is 37.8 Å². The molecular formula is C4H10FN. The van der Waals surface area contributed by atoms with E-state index in [1.54, 1.807) is 14.1 Å². The van der Waals surface area contributed by atoms with Gasteiger partial charge >= 0.3 is 0 Å². The number of hydrogen-bond acceptors (Lipinski definition) is 1. The summed E-state index contributed by atoms with van der Waals surface area (Å²) in [5.41, 5.74) is 0. The molecule has 0 aliphatic carbocycles.